The maximum atomic E-state index is 13.7. The lowest BCUT2D eigenvalue weighted by molar-refractivity contribution is 0.570. The van der Waals surface area contributed by atoms with Crippen LogP contribution in [-0.2, 0) is 0 Å². The molecule has 0 saturated heterocycles. The van der Waals surface area contributed by atoms with Gasteiger partial charge in [0.05, 0.1) is 16.4 Å². The number of benzene rings is 8. The molecule has 0 radical (unpaired) electrons. The Bertz CT molecular complexity index is 3070. The Labute approximate surface area is 318 Å². The minimum absolute atomic E-state index is 0.345. The molecule has 0 fully saturated rings. The topological polar surface area (TPSA) is 38.4 Å². The van der Waals surface area contributed by atoms with Gasteiger partial charge in [-0.2, -0.15) is 0 Å². The van der Waals surface area contributed by atoms with Crippen molar-refractivity contribution in [3.8, 4) is 27.9 Å². The first-order valence-corrected chi connectivity index (χ1v) is 18.6. The molecule has 262 valence electrons. The molecule has 0 atom stereocenters. The van der Waals surface area contributed by atoms with E-state index >= 15 is 0 Å². The van der Waals surface area contributed by atoms with Crippen molar-refractivity contribution in [3.63, 3.8) is 0 Å². The van der Waals surface area contributed by atoms with E-state index in [1.165, 1.54) is 21.9 Å². The summed E-state index contributed by atoms with van der Waals surface area (Å²) in [5, 5.41) is 4.71. The number of nitrogens with zero attached hydrogens (tertiary/aromatic N) is 2. The summed E-state index contributed by atoms with van der Waals surface area (Å²) in [6, 6.07) is 63.6. The molecule has 2 heterocycles. The molecule has 8 aromatic carbocycles. The first-order valence-electron chi connectivity index (χ1n) is 18.6. The summed E-state index contributed by atoms with van der Waals surface area (Å²) in [6.45, 7) is 4.21. The Kier molecular flexibility index (Phi) is 7.70. The van der Waals surface area contributed by atoms with Crippen molar-refractivity contribution in [3.05, 3.63) is 204 Å². The van der Waals surface area contributed by atoms with Gasteiger partial charge in [-0.05, 0) is 126 Å². The third-order valence-electron chi connectivity index (χ3n) is 10.8. The molecule has 0 aliphatic carbocycles. The zero-order chi connectivity index (χ0) is 37.0. The molecule has 0 bridgehead atoms. The highest BCUT2D eigenvalue weighted by molar-refractivity contribution is 6.11. The highest BCUT2D eigenvalue weighted by Crippen LogP contribution is 2.39. The Hall–Kier alpha value is -7.17. The average molecular weight is 709 g/mol. The van der Waals surface area contributed by atoms with E-state index in [1.54, 1.807) is 0 Å². The second kappa shape index (κ2) is 13.0. The van der Waals surface area contributed by atoms with Crippen molar-refractivity contribution in [1.82, 2.24) is 4.57 Å². The molecule has 10 rings (SSSR count). The predicted octanol–water partition coefficient (Wildman–Crippen LogP) is 13.5. The van der Waals surface area contributed by atoms with Crippen molar-refractivity contribution in [2.24, 2.45) is 0 Å². The number of rotatable bonds is 6. The second-order valence-corrected chi connectivity index (χ2v) is 14.3. The van der Waals surface area contributed by atoms with Gasteiger partial charge in [-0.15, -0.1) is 0 Å². The Balaban J connectivity index is 1.03. The van der Waals surface area contributed by atoms with Crippen LogP contribution in [0.4, 0.5) is 17.1 Å². The number of aryl methyl sites for hydroxylation is 2. The van der Waals surface area contributed by atoms with E-state index in [4.69, 9.17) is 4.42 Å². The lowest BCUT2D eigenvalue weighted by atomic mass is 9.97. The van der Waals surface area contributed by atoms with E-state index in [9.17, 15) is 4.79 Å². The molecule has 55 heavy (non-hydrogen) atoms. The normalized spacial score (nSPS) is 11.5. The summed E-state index contributed by atoms with van der Waals surface area (Å²) in [5.74, 6) is 0. The van der Waals surface area contributed by atoms with E-state index in [2.05, 4.69) is 187 Å². The van der Waals surface area contributed by atoms with Crippen LogP contribution >= 0.6 is 0 Å². The molecule has 4 nitrogen and oxygen atoms in total. The van der Waals surface area contributed by atoms with Gasteiger partial charge in [0.1, 0.15) is 5.58 Å². The minimum Gasteiger partial charge on any atom is -0.422 e. The van der Waals surface area contributed by atoms with Crippen molar-refractivity contribution in [2.45, 2.75) is 13.8 Å². The highest BCUT2D eigenvalue weighted by atomic mass is 16.4. The number of anilines is 3. The Morgan fingerprint density at radius 1 is 0.418 bits per heavy atom. The summed E-state index contributed by atoms with van der Waals surface area (Å²) in [6.07, 6.45) is 0. The van der Waals surface area contributed by atoms with Crippen LogP contribution < -0.4 is 10.5 Å². The standard InChI is InChI=1S/C51H36N2O2/c1-33-15-22-40(23-16-33)52(41-24-17-34(2)18-25-41)42-12-8-9-35(29-42)38-20-27-45-43-26-19-36(31-47(43)51(54)55-50(45)32-38)37-21-28-49-46(30-37)44-13-6-7-14-48(44)53(49)39-10-4-3-5-11-39/h3-32H,1-2H3. The summed E-state index contributed by atoms with van der Waals surface area (Å²) in [5.41, 5.74) is 13.3. The number of aromatic nitrogens is 1. The predicted molar refractivity (Wildman–Crippen MR) is 229 cm³/mol. The second-order valence-electron chi connectivity index (χ2n) is 14.3. The molecule has 10 aromatic rings. The lowest BCUT2D eigenvalue weighted by Gasteiger charge is -2.26. The molecular weight excluding hydrogens is 673 g/mol. The zero-order valence-corrected chi connectivity index (χ0v) is 30.5. The number of fused-ring (bicyclic) bond motifs is 6. The van der Waals surface area contributed by atoms with Crippen LogP contribution in [0.3, 0.4) is 0 Å². The van der Waals surface area contributed by atoms with Crippen LogP contribution in [0, 0.1) is 13.8 Å². The van der Waals surface area contributed by atoms with Crippen LogP contribution in [0.5, 0.6) is 0 Å². The van der Waals surface area contributed by atoms with Crippen LogP contribution in [0.1, 0.15) is 11.1 Å². The van der Waals surface area contributed by atoms with Crippen LogP contribution in [0.15, 0.2) is 191 Å². The van der Waals surface area contributed by atoms with E-state index in [-0.39, 0.29) is 5.63 Å². The largest absolute Gasteiger partial charge is 0.422 e. The summed E-state index contributed by atoms with van der Waals surface area (Å²) in [7, 11) is 0. The van der Waals surface area contributed by atoms with Crippen molar-refractivity contribution in [2.75, 3.05) is 4.90 Å². The van der Waals surface area contributed by atoms with Crippen molar-refractivity contribution in [1.29, 1.82) is 0 Å². The molecule has 0 aliphatic heterocycles. The van der Waals surface area contributed by atoms with Crippen LogP contribution in [0.2, 0.25) is 0 Å². The molecule has 0 aliphatic rings. The molecule has 0 unspecified atom stereocenters. The fraction of sp³-hybridized carbons (Fsp3) is 0.0392. The third kappa shape index (κ3) is 5.67. The van der Waals surface area contributed by atoms with Crippen LogP contribution in [-0.4, -0.2) is 4.57 Å². The van der Waals surface area contributed by atoms with Gasteiger partial charge in [0.2, 0.25) is 0 Å². The Morgan fingerprint density at radius 2 is 1.00 bits per heavy atom. The van der Waals surface area contributed by atoms with Gasteiger partial charge in [-0.1, -0.05) is 108 Å². The minimum atomic E-state index is -0.345. The van der Waals surface area contributed by atoms with E-state index in [1.807, 2.05) is 18.2 Å². The van der Waals surface area contributed by atoms with E-state index in [0.29, 0.717) is 11.0 Å². The quantitative estimate of drug-likeness (QED) is 0.127. The number of para-hydroxylation sites is 2. The molecule has 0 N–H and O–H groups in total. The van der Waals surface area contributed by atoms with Crippen LogP contribution in [0.25, 0.3) is 71.5 Å². The summed E-state index contributed by atoms with van der Waals surface area (Å²) >= 11 is 0. The van der Waals surface area contributed by atoms with E-state index < -0.39 is 0 Å². The molecule has 2 aromatic heterocycles. The third-order valence-corrected chi connectivity index (χ3v) is 10.8. The average Bonchev–Trinajstić information content (AvgIpc) is 3.56. The highest BCUT2D eigenvalue weighted by Gasteiger charge is 2.17. The smallest absolute Gasteiger partial charge is 0.344 e. The maximum absolute atomic E-state index is 13.7. The monoisotopic (exact) mass is 708 g/mol. The lowest BCUT2D eigenvalue weighted by Crippen LogP contribution is -2.10. The summed E-state index contributed by atoms with van der Waals surface area (Å²) < 4.78 is 8.39. The van der Waals surface area contributed by atoms with Gasteiger partial charge < -0.3 is 13.9 Å². The van der Waals surface area contributed by atoms with Gasteiger partial charge in [-0.3, -0.25) is 0 Å². The molecular formula is C51H36N2O2. The van der Waals surface area contributed by atoms with Gasteiger partial charge in [0.25, 0.3) is 0 Å². The first kappa shape index (κ1) is 32.5. The maximum Gasteiger partial charge on any atom is 0.344 e. The van der Waals surface area contributed by atoms with Gasteiger partial charge >= 0.3 is 5.63 Å². The SMILES string of the molecule is Cc1ccc(N(c2ccc(C)cc2)c2cccc(-c3ccc4c(c3)oc(=O)c3cc(-c5ccc6c(c5)c5ccccc5n6-c5ccccc5)ccc34)c2)cc1. The summed E-state index contributed by atoms with van der Waals surface area (Å²) in [4.78, 5) is 16.0. The molecule has 4 heteroatoms. The Morgan fingerprint density at radius 3 is 1.73 bits per heavy atom. The van der Waals surface area contributed by atoms with Crippen molar-refractivity contribution < 1.29 is 4.42 Å². The molecule has 0 saturated carbocycles. The number of hydrogen-bond acceptors (Lipinski definition) is 3. The van der Waals surface area contributed by atoms with Gasteiger partial charge in [0.15, 0.2) is 0 Å². The van der Waals surface area contributed by atoms with Crippen molar-refractivity contribution >= 4 is 60.6 Å². The zero-order valence-electron chi connectivity index (χ0n) is 30.5. The first-order chi connectivity index (χ1) is 27.0. The number of hydrogen-bond donors (Lipinski definition) is 0. The van der Waals surface area contributed by atoms with E-state index in [0.717, 1.165) is 66.8 Å². The van der Waals surface area contributed by atoms with Gasteiger partial charge in [-0.25, -0.2) is 4.79 Å². The van der Waals surface area contributed by atoms with Gasteiger partial charge in [0, 0.05) is 38.9 Å². The fourth-order valence-electron chi connectivity index (χ4n) is 7.96. The fourth-order valence-corrected chi connectivity index (χ4v) is 7.96. The molecule has 0 spiro atoms. The molecule has 0 amide bonds.